The molecule has 1 aromatic rings. The Hall–Kier alpha value is -0.960. The quantitative estimate of drug-likeness (QED) is 0.720. The summed E-state index contributed by atoms with van der Waals surface area (Å²) in [5.41, 5.74) is 7.62. The predicted molar refractivity (Wildman–Crippen MR) is 48.6 cm³/mol. The molecule has 1 rings (SSSR count). The van der Waals surface area contributed by atoms with Gasteiger partial charge in [-0.3, -0.25) is 0 Å². The smallest absolute Gasteiger partial charge is 0.0829 e. The van der Waals surface area contributed by atoms with Gasteiger partial charge in [-0.15, -0.1) is 0 Å². The predicted octanol–water partition coefficient (Wildman–Crippen LogP) is 1.37. The highest BCUT2D eigenvalue weighted by molar-refractivity contribution is 5.17. The molecule has 2 N–H and O–H groups in total. The van der Waals surface area contributed by atoms with E-state index >= 15 is 0 Å². The van der Waals surface area contributed by atoms with Crippen LogP contribution in [-0.4, -0.2) is 10.2 Å². The first-order valence-corrected chi connectivity index (χ1v) is 4.15. The second-order valence-electron chi connectivity index (χ2n) is 3.39. The maximum Gasteiger partial charge on any atom is 0.0829 e. The minimum atomic E-state index is -0.348. The van der Waals surface area contributed by atoms with Gasteiger partial charge in [0.2, 0.25) is 0 Å². The van der Waals surface area contributed by atoms with E-state index < -0.39 is 0 Å². The van der Waals surface area contributed by atoms with Gasteiger partial charge in [0.15, 0.2) is 0 Å². The summed E-state index contributed by atoms with van der Waals surface area (Å²) in [5, 5.41) is 7.88. The second kappa shape index (κ2) is 3.19. The van der Waals surface area contributed by atoms with E-state index in [0.29, 0.717) is 0 Å². The fourth-order valence-electron chi connectivity index (χ4n) is 0.924. The third-order valence-electron chi connectivity index (χ3n) is 2.11. The van der Waals surface area contributed by atoms with E-state index in [1.165, 1.54) is 0 Å². The normalized spacial score (nSPS) is 15.7. The molecule has 3 nitrogen and oxygen atoms in total. The second-order valence-corrected chi connectivity index (χ2v) is 3.39. The van der Waals surface area contributed by atoms with E-state index in [0.717, 1.165) is 17.7 Å². The fraction of sp³-hybridized carbons (Fsp3) is 0.556. The third-order valence-corrected chi connectivity index (χ3v) is 2.11. The van der Waals surface area contributed by atoms with Crippen LogP contribution in [0.1, 0.15) is 31.5 Å². The largest absolute Gasteiger partial charge is 0.320 e. The first kappa shape index (κ1) is 9.13. The lowest BCUT2D eigenvalue weighted by atomic mass is 9.95. The van der Waals surface area contributed by atoms with Crippen LogP contribution in [0.2, 0.25) is 0 Å². The number of hydrogen-bond donors (Lipinski definition) is 1. The van der Waals surface area contributed by atoms with Crippen LogP contribution in [0.4, 0.5) is 0 Å². The van der Waals surface area contributed by atoms with Gasteiger partial charge in [-0.25, -0.2) is 0 Å². The highest BCUT2D eigenvalue weighted by atomic mass is 15.1. The summed E-state index contributed by atoms with van der Waals surface area (Å²) >= 11 is 0. The molecule has 0 fully saturated rings. The standard InChI is InChI=1S/C9H15N3/c1-4-9(3,10)8-5-7(2)6-11-12-8/h5-6H,4,10H2,1-3H3. The molecule has 12 heavy (non-hydrogen) atoms. The van der Waals surface area contributed by atoms with Crippen molar-refractivity contribution in [3.05, 3.63) is 23.5 Å². The van der Waals surface area contributed by atoms with Crippen LogP contribution in [-0.2, 0) is 5.54 Å². The molecule has 0 aliphatic carbocycles. The van der Waals surface area contributed by atoms with E-state index in [-0.39, 0.29) is 5.54 Å². The summed E-state index contributed by atoms with van der Waals surface area (Å²) in [6.45, 7) is 6.00. The molecular formula is C9H15N3. The van der Waals surface area contributed by atoms with Crippen LogP contribution in [0, 0.1) is 6.92 Å². The molecule has 0 amide bonds. The van der Waals surface area contributed by atoms with Crippen LogP contribution in [0.25, 0.3) is 0 Å². The third kappa shape index (κ3) is 1.80. The number of aromatic nitrogens is 2. The summed E-state index contributed by atoms with van der Waals surface area (Å²) in [6, 6.07) is 1.98. The number of rotatable bonds is 2. The van der Waals surface area contributed by atoms with E-state index in [4.69, 9.17) is 5.73 Å². The van der Waals surface area contributed by atoms with Crippen molar-refractivity contribution in [2.24, 2.45) is 5.73 Å². The summed E-state index contributed by atoms with van der Waals surface area (Å²) < 4.78 is 0. The molecule has 0 aliphatic rings. The Morgan fingerprint density at radius 3 is 2.75 bits per heavy atom. The van der Waals surface area contributed by atoms with Crippen molar-refractivity contribution in [2.75, 3.05) is 0 Å². The Balaban J connectivity index is 3.03. The van der Waals surface area contributed by atoms with Crippen molar-refractivity contribution in [1.29, 1.82) is 0 Å². The van der Waals surface area contributed by atoms with Crippen molar-refractivity contribution >= 4 is 0 Å². The molecule has 0 aliphatic heterocycles. The zero-order valence-corrected chi connectivity index (χ0v) is 7.83. The minimum absolute atomic E-state index is 0.348. The Morgan fingerprint density at radius 2 is 2.25 bits per heavy atom. The zero-order chi connectivity index (χ0) is 9.19. The van der Waals surface area contributed by atoms with Gasteiger partial charge in [-0.05, 0) is 31.9 Å². The summed E-state index contributed by atoms with van der Waals surface area (Å²) in [7, 11) is 0. The maximum atomic E-state index is 6.00. The fourth-order valence-corrected chi connectivity index (χ4v) is 0.924. The molecule has 0 saturated carbocycles. The highest BCUT2D eigenvalue weighted by Gasteiger charge is 2.20. The van der Waals surface area contributed by atoms with Gasteiger partial charge < -0.3 is 5.73 Å². The number of hydrogen-bond acceptors (Lipinski definition) is 3. The van der Waals surface area contributed by atoms with Crippen LogP contribution in [0.3, 0.4) is 0 Å². The van der Waals surface area contributed by atoms with Crippen molar-refractivity contribution in [3.63, 3.8) is 0 Å². The Morgan fingerprint density at radius 1 is 1.58 bits per heavy atom. The van der Waals surface area contributed by atoms with Gasteiger partial charge in [0.25, 0.3) is 0 Å². The molecular weight excluding hydrogens is 150 g/mol. The maximum absolute atomic E-state index is 6.00. The van der Waals surface area contributed by atoms with E-state index in [1.54, 1.807) is 6.20 Å². The van der Waals surface area contributed by atoms with Crippen molar-refractivity contribution in [1.82, 2.24) is 10.2 Å². The Bertz CT molecular complexity index is 268. The van der Waals surface area contributed by atoms with Gasteiger partial charge in [0.1, 0.15) is 0 Å². The number of nitrogens with two attached hydrogens (primary N) is 1. The van der Waals surface area contributed by atoms with E-state index in [2.05, 4.69) is 10.2 Å². The topological polar surface area (TPSA) is 51.8 Å². The lowest BCUT2D eigenvalue weighted by Crippen LogP contribution is -2.33. The van der Waals surface area contributed by atoms with E-state index in [9.17, 15) is 0 Å². The lowest BCUT2D eigenvalue weighted by molar-refractivity contribution is 0.455. The first-order chi connectivity index (χ1) is 5.56. The average Bonchev–Trinajstić information content (AvgIpc) is 2.05. The van der Waals surface area contributed by atoms with Crippen LogP contribution in [0.15, 0.2) is 12.3 Å². The zero-order valence-electron chi connectivity index (χ0n) is 7.83. The van der Waals surface area contributed by atoms with Crippen LogP contribution < -0.4 is 5.73 Å². The molecule has 0 spiro atoms. The lowest BCUT2D eigenvalue weighted by Gasteiger charge is -2.21. The molecule has 0 aromatic carbocycles. The summed E-state index contributed by atoms with van der Waals surface area (Å²) in [4.78, 5) is 0. The van der Waals surface area contributed by atoms with Crippen molar-refractivity contribution in [3.8, 4) is 0 Å². The monoisotopic (exact) mass is 165 g/mol. The van der Waals surface area contributed by atoms with Gasteiger partial charge in [0.05, 0.1) is 17.4 Å². The van der Waals surface area contributed by atoms with Crippen LogP contribution in [0.5, 0.6) is 0 Å². The van der Waals surface area contributed by atoms with Gasteiger partial charge in [-0.2, -0.15) is 10.2 Å². The summed E-state index contributed by atoms with van der Waals surface area (Å²) in [6.07, 6.45) is 2.60. The highest BCUT2D eigenvalue weighted by Crippen LogP contribution is 2.18. The van der Waals surface area contributed by atoms with Gasteiger partial charge in [-0.1, -0.05) is 6.92 Å². The van der Waals surface area contributed by atoms with Crippen LogP contribution >= 0.6 is 0 Å². The molecule has 3 heteroatoms. The summed E-state index contributed by atoms with van der Waals surface area (Å²) in [5.74, 6) is 0. The molecule has 0 saturated heterocycles. The van der Waals surface area contributed by atoms with E-state index in [1.807, 2.05) is 26.8 Å². The number of aryl methyl sites for hydroxylation is 1. The molecule has 1 unspecified atom stereocenters. The molecule has 66 valence electrons. The molecule has 1 atom stereocenters. The number of nitrogens with zero attached hydrogens (tertiary/aromatic N) is 2. The van der Waals surface area contributed by atoms with Gasteiger partial charge in [0, 0.05) is 0 Å². The molecule has 0 radical (unpaired) electrons. The Labute approximate surface area is 73.0 Å². The average molecular weight is 165 g/mol. The van der Waals surface area contributed by atoms with Crippen molar-refractivity contribution in [2.45, 2.75) is 32.7 Å². The first-order valence-electron chi connectivity index (χ1n) is 4.15. The molecule has 1 heterocycles. The Kier molecular flexibility index (Phi) is 2.43. The molecule has 0 bridgehead atoms. The SMILES string of the molecule is CCC(C)(N)c1cc(C)cnn1. The van der Waals surface area contributed by atoms with Gasteiger partial charge >= 0.3 is 0 Å². The van der Waals surface area contributed by atoms with Crippen molar-refractivity contribution < 1.29 is 0 Å². The molecule has 1 aromatic heterocycles. The minimum Gasteiger partial charge on any atom is -0.320 e.